The van der Waals surface area contributed by atoms with Gasteiger partial charge in [-0.05, 0) is 41.8 Å². The van der Waals surface area contributed by atoms with E-state index in [9.17, 15) is 4.79 Å². The Labute approximate surface area is 172 Å². The number of hydrogen-bond donors (Lipinski definition) is 1. The largest absolute Gasteiger partial charge is 0.488 e. The fourth-order valence-corrected chi connectivity index (χ4v) is 3.72. The summed E-state index contributed by atoms with van der Waals surface area (Å²) in [5, 5.41) is 3.29. The van der Waals surface area contributed by atoms with E-state index in [0.29, 0.717) is 6.61 Å². The summed E-state index contributed by atoms with van der Waals surface area (Å²) >= 11 is 0. The quantitative estimate of drug-likeness (QED) is 0.711. The molecule has 1 amide bonds. The molecule has 0 atom stereocenters. The summed E-state index contributed by atoms with van der Waals surface area (Å²) in [6.45, 7) is 5.78. The van der Waals surface area contributed by atoms with Crippen molar-refractivity contribution in [1.82, 2.24) is 10.2 Å². The zero-order valence-electron chi connectivity index (χ0n) is 16.7. The normalized spacial score (nSPS) is 13.9. The van der Waals surface area contributed by atoms with E-state index in [4.69, 9.17) is 4.74 Å². The first kappa shape index (κ1) is 19.2. The lowest BCUT2D eigenvalue weighted by atomic mass is 9.97. The van der Waals surface area contributed by atoms with E-state index in [1.54, 1.807) is 0 Å². The third-order valence-electron chi connectivity index (χ3n) is 5.27. The smallest absolute Gasteiger partial charge is 0.253 e. The van der Waals surface area contributed by atoms with Gasteiger partial charge in [0.2, 0.25) is 0 Å². The molecule has 1 saturated heterocycles. The average Bonchev–Trinajstić information content (AvgIpc) is 2.78. The number of piperazine rings is 1. The highest BCUT2D eigenvalue weighted by atomic mass is 16.5. The van der Waals surface area contributed by atoms with Gasteiger partial charge in [-0.1, -0.05) is 54.6 Å². The molecule has 1 heterocycles. The molecule has 1 N–H and O–H groups in total. The minimum atomic E-state index is 0.0914. The van der Waals surface area contributed by atoms with E-state index in [-0.39, 0.29) is 5.91 Å². The molecule has 0 radical (unpaired) electrons. The minimum absolute atomic E-state index is 0.0914. The molecule has 29 heavy (non-hydrogen) atoms. The van der Waals surface area contributed by atoms with Gasteiger partial charge in [-0.15, -0.1) is 0 Å². The first-order valence-corrected chi connectivity index (χ1v) is 10.1. The molecule has 3 aromatic carbocycles. The van der Waals surface area contributed by atoms with Crippen molar-refractivity contribution in [3.8, 4) is 16.9 Å². The van der Waals surface area contributed by atoms with Crippen molar-refractivity contribution < 1.29 is 9.53 Å². The van der Waals surface area contributed by atoms with Crippen LogP contribution >= 0.6 is 0 Å². The maximum atomic E-state index is 12.9. The van der Waals surface area contributed by atoms with E-state index in [2.05, 4.69) is 30.4 Å². The van der Waals surface area contributed by atoms with Gasteiger partial charge in [-0.25, -0.2) is 0 Å². The predicted molar refractivity (Wildman–Crippen MR) is 116 cm³/mol. The second kappa shape index (κ2) is 8.93. The first-order chi connectivity index (χ1) is 14.2. The van der Waals surface area contributed by atoms with Gasteiger partial charge in [-0.3, -0.25) is 4.79 Å². The van der Waals surface area contributed by atoms with Gasteiger partial charge in [0.25, 0.3) is 5.91 Å². The number of rotatable bonds is 5. The molecular formula is C25H26N2O2. The van der Waals surface area contributed by atoms with Crippen LogP contribution in [0.25, 0.3) is 11.1 Å². The summed E-state index contributed by atoms with van der Waals surface area (Å²) < 4.78 is 6.17. The van der Waals surface area contributed by atoms with Crippen molar-refractivity contribution in [2.75, 3.05) is 26.2 Å². The Morgan fingerprint density at radius 1 is 0.966 bits per heavy atom. The molecule has 0 aliphatic carbocycles. The molecule has 0 spiro atoms. The molecule has 3 aromatic rings. The fourth-order valence-electron chi connectivity index (χ4n) is 3.72. The summed E-state index contributed by atoms with van der Waals surface area (Å²) in [7, 11) is 0. The summed E-state index contributed by atoms with van der Waals surface area (Å²) in [5.41, 5.74) is 5.03. The Morgan fingerprint density at radius 3 is 2.52 bits per heavy atom. The van der Waals surface area contributed by atoms with E-state index in [0.717, 1.165) is 59.7 Å². The number of benzene rings is 3. The summed E-state index contributed by atoms with van der Waals surface area (Å²) in [6.07, 6.45) is 0. The van der Waals surface area contributed by atoms with E-state index in [1.807, 2.05) is 59.5 Å². The van der Waals surface area contributed by atoms with Crippen LogP contribution in [0, 0.1) is 6.92 Å². The number of nitrogens with one attached hydrogen (secondary N) is 1. The van der Waals surface area contributed by atoms with Crippen molar-refractivity contribution in [3.63, 3.8) is 0 Å². The lowest BCUT2D eigenvalue weighted by molar-refractivity contribution is 0.0736. The minimum Gasteiger partial charge on any atom is -0.488 e. The monoisotopic (exact) mass is 386 g/mol. The fraction of sp³-hybridized carbons (Fsp3) is 0.240. The number of aryl methyl sites for hydroxylation is 1. The number of nitrogens with zero attached hydrogens (tertiary/aromatic N) is 1. The number of carbonyl (C=O) groups excluding carboxylic acids is 1. The average molecular weight is 386 g/mol. The van der Waals surface area contributed by atoms with Crippen LogP contribution in [0.4, 0.5) is 0 Å². The van der Waals surface area contributed by atoms with Crippen molar-refractivity contribution in [2.45, 2.75) is 13.5 Å². The highest BCUT2D eigenvalue weighted by Crippen LogP contribution is 2.34. The van der Waals surface area contributed by atoms with Crippen molar-refractivity contribution in [3.05, 3.63) is 89.5 Å². The van der Waals surface area contributed by atoms with Crippen LogP contribution in [-0.4, -0.2) is 37.0 Å². The van der Waals surface area contributed by atoms with Crippen LogP contribution in [0.5, 0.6) is 5.75 Å². The zero-order valence-corrected chi connectivity index (χ0v) is 16.7. The van der Waals surface area contributed by atoms with Crippen LogP contribution in [0.3, 0.4) is 0 Å². The molecule has 1 aliphatic heterocycles. The van der Waals surface area contributed by atoms with Gasteiger partial charge in [0.1, 0.15) is 12.4 Å². The molecule has 0 aromatic heterocycles. The van der Waals surface area contributed by atoms with Gasteiger partial charge in [0.15, 0.2) is 0 Å². The van der Waals surface area contributed by atoms with Crippen LogP contribution in [0.1, 0.15) is 21.5 Å². The van der Waals surface area contributed by atoms with Crippen LogP contribution in [-0.2, 0) is 6.61 Å². The lowest BCUT2D eigenvalue weighted by Gasteiger charge is -2.27. The van der Waals surface area contributed by atoms with Crippen molar-refractivity contribution in [2.24, 2.45) is 0 Å². The lowest BCUT2D eigenvalue weighted by Crippen LogP contribution is -2.46. The molecular weight excluding hydrogens is 360 g/mol. The Balaban J connectivity index is 1.61. The summed E-state index contributed by atoms with van der Waals surface area (Å²) in [6, 6.07) is 24.1. The number of carbonyl (C=O) groups is 1. The van der Waals surface area contributed by atoms with Crippen molar-refractivity contribution >= 4 is 5.91 Å². The SMILES string of the molecule is Cc1cccc(OCc2ccccc2)c1-c1cccc(C(=O)N2CCNCC2)c1. The molecule has 1 fully saturated rings. The molecule has 4 nitrogen and oxygen atoms in total. The summed E-state index contributed by atoms with van der Waals surface area (Å²) in [5.74, 6) is 0.925. The van der Waals surface area contributed by atoms with E-state index < -0.39 is 0 Å². The molecule has 4 rings (SSSR count). The Morgan fingerprint density at radius 2 is 1.72 bits per heavy atom. The maximum Gasteiger partial charge on any atom is 0.253 e. The zero-order chi connectivity index (χ0) is 20.1. The van der Waals surface area contributed by atoms with Gasteiger partial charge < -0.3 is 15.0 Å². The Bertz CT molecular complexity index is 979. The van der Waals surface area contributed by atoms with Crippen LogP contribution in [0.2, 0.25) is 0 Å². The van der Waals surface area contributed by atoms with E-state index >= 15 is 0 Å². The highest BCUT2D eigenvalue weighted by molar-refractivity contribution is 5.96. The maximum absolute atomic E-state index is 12.9. The number of ether oxygens (including phenoxy) is 1. The predicted octanol–water partition coefficient (Wildman–Crippen LogP) is 4.29. The standard InChI is InChI=1S/C25H26N2O2/c1-19-7-5-12-23(29-18-20-8-3-2-4-9-20)24(19)21-10-6-11-22(17-21)25(28)27-15-13-26-14-16-27/h2-12,17,26H,13-16,18H2,1H3. The molecule has 0 bridgehead atoms. The van der Waals surface area contributed by atoms with Crippen LogP contribution in [0.15, 0.2) is 72.8 Å². The highest BCUT2D eigenvalue weighted by Gasteiger charge is 2.19. The third kappa shape index (κ3) is 4.49. The van der Waals surface area contributed by atoms with Gasteiger partial charge >= 0.3 is 0 Å². The van der Waals surface area contributed by atoms with Gasteiger partial charge in [0, 0.05) is 37.3 Å². The Kier molecular flexibility index (Phi) is 5.92. The number of amides is 1. The molecule has 0 unspecified atom stereocenters. The topological polar surface area (TPSA) is 41.6 Å². The Hall–Kier alpha value is -3.11. The molecule has 0 saturated carbocycles. The molecule has 148 valence electrons. The number of hydrogen-bond acceptors (Lipinski definition) is 3. The van der Waals surface area contributed by atoms with Gasteiger partial charge in [-0.2, -0.15) is 0 Å². The molecule has 4 heteroatoms. The van der Waals surface area contributed by atoms with Gasteiger partial charge in [0.05, 0.1) is 0 Å². The summed E-state index contributed by atoms with van der Waals surface area (Å²) in [4.78, 5) is 14.8. The van der Waals surface area contributed by atoms with E-state index in [1.165, 1.54) is 0 Å². The second-order valence-electron chi connectivity index (χ2n) is 7.35. The first-order valence-electron chi connectivity index (χ1n) is 10.1. The second-order valence-corrected chi connectivity index (χ2v) is 7.35. The van der Waals surface area contributed by atoms with Crippen molar-refractivity contribution in [1.29, 1.82) is 0 Å². The third-order valence-corrected chi connectivity index (χ3v) is 5.27. The molecule has 1 aliphatic rings. The van der Waals surface area contributed by atoms with Crippen LogP contribution < -0.4 is 10.1 Å².